The average molecular weight is 268 g/mol. The molecule has 1 saturated heterocycles. The lowest BCUT2D eigenvalue weighted by Crippen LogP contribution is -2.29. The second-order valence-corrected chi connectivity index (χ2v) is 5.45. The molecule has 0 atom stereocenters. The van der Waals surface area contributed by atoms with E-state index < -0.39 is 0 Å². The van der Waals surface area contributed by atoms with E-state index in [4.69, 9.17) is 16.3 Å². The molecule has 100 valence electrons. The largest absolute Gasteiger partial charge is 0.381 e. The van der Waals surface area contributed by atoms with Gasteiger partial charge in [-0.15, -0.1) is 11.6 Å². The third kappa shape index (κ3) is 3.39. The predicted molar refractivity (Wildman–Crippen MR) is 77.5 cm³/mol. The highest BCUT2D eigenvalue weighted by atomic mass is 35.5. The Morgan fingerprint density at radius 3 is 2.67 bits per heavy atom. The SMILES string of the molecule is Cc1cc(N(C)CC2CCOCC2)ccc1CCl. The number of rotatable bonds is 4. The van der Waals surface area contributed by atoms with Crippen LogP contribution < -0.4 is 4.90 Å². The Labute approximate surface area is 115 Å². The molecule has 0 spiro atoms. The number of nitrogens with zero attached hydrogens (tertiary/aromatic N) is 1. The van der Waals surface area contributed by atoms with Crippen molar-refractivity contribution in [1.29, 1.82) is 0 Å². The maximum Gasteiger partial charge on any atom is 0.0476 e. The Bertz CT molecular complexity index is 388. The zero-order valence-electron chi connectivity index (χ0n) is 11.3. The number of ether oxygens (including phenoxy) is 1. The van der Waals surface area contributed by atoms with Gasteiger partial charge in [-0.1, -0.05) is 6.07 Å². The lowest BCUT2D eigenvalue weighted by Gasteiger charge is -2.28. The van der Waals surface area contributed by atoms with Crippen LogP contribution in [0, 0.1) is 12.8 Å². The molecule has 0 N–H and O–H groups in total. The zero-order chi connectivity index (χ0) is 13.0. The summed E-state index contributed by atoms with van der Waals surface area (Å²) in [7, 11) is 2.17. The first kappa shape index (κ1) is 13.7. The number of halogens is 1. The topological polar surface area (TPSA) is 12.5 Å². The van der Waals surface area contributed by atoms with Crippen LogP contribution in [0.2, 0.25) is 0 Å². The molecule has 1 aromatic rings. The predicted octanol–water partition coefficient (Wildman–Crippen LogP) is 3.60. The van der Waals surface area contributed by atoms with E-state index in [1.807, 2.05) is 0 Å². The van der Waals surface area contributed by atoms with Gasteiger partial charge in [-0.25, -0.2) is 0 Å². The van der Waals surface area contributed by atoms with Gasteiger partial charge < -0.3 is 9.64 Å². The van der Waals surface area contributed by atoms with Crippen LogP contribution in [-0.4, -0.2) is 26.8 Å². The van der Waals surface area contributed by atoms with Crippen LogP contribution in [-0.2, 0) is 10.6 Å². The number of aryl methyl sites for hydroxylation is 1. The van der Waals surface area contributed by atoms with E-state index in [2.05, 4.69) is 37.1 Å². The minimum Gasteiger partial charge on any atom is -0.381 e. The molecular weight excluding hydrogens is 246 g/mol. The van der Waals surface area contributed by atoms with Crippen molar-refractivity contribution < 1.29 is 4.74 Å². The van der Waals surface area contributed by atoms with E-state index in [0.29, 0.717) is 5.88 Å². The van der Waals surface area contributed by atoms with Crippen LogP contribution in [0.3, 0.4) is 0 Å². The van der Waals surface area contributed by atoms with E-state index in [-0.39, 0.29) is 0 Å². The molecule has 1 aromatic carbocycles. The molecule has 2 nitrogen and oxygen atoms in total. The minimum atomic E-state index is 0.593. The Balaban J connectivity index is 1.99. The maximum absolute atomic E-state index is 5.89. The Morgan fingerprint density at radius 1 is 1.33 bits per heavy atom. The number of hydrogen-bond donors (Lipinski definition) is 0. The monoisotopic (exact) mass is 267 g/mol. The molecule has 1 aliphatic heterocycles. The molecule has 0 amide bonds. The van der Waals surface area contributed by atoms with E-state index in [0.717, 1.165) is 25.7 Å². The van der Waals surface area contributed by atoms with Gasteiger partial charge in [0.2, 0.25) is 0 Å². The van der Waals surface area contributed by atoms with E-state index in [1.54, 1.807) is 0 Å². The second kappa shape index (κ2) is 6.44. The Morgan fingerprint density at radius 2 is 2.06 bits per heavy atom. The quantitative estimate of drug-likeness (QED) is 0.773. The molecule has 1 aliphatic rings. The molecule has 0 bridgehead atoms. The first-order valence-electron chi connectivity index (χ1n) is 6.65. The molecule has 1 heterocycles. The van der Waals surface area contributed by atoms with Crippen molar-refractivity contribution in [3.63, 3.8) is 0 Å². The van der Waals surface area contributed by atoms with Crippen molar-refractivity contribution in [2.75, 3.05) is 31.7 Å². The molecule has 2 rings (SSSR count). The van der Waals surface area contributed by atoms with Gasteiger partial charge in [0.05, 0.1) is 0 Å². The van der Waals surface area contributed by atoms with Crippen LogP contribution in [0.15, 0.2) is 18.2 Å². The summed E-state index contributed by atoms with van der Waals surface area (Å²) < 4.78 is 5.40. The van der Waals surface area contributed by atoms with E-state index >= 15 is 0 Å². The number of benzene rings is 1. The van der Waals surface area contributed by atoms with Crippen molar-refractivity contribution in [2.24, 2.45) is 5.92 Å². The number of alkyl halides is 1. The van der Waals surface area contributed by atoms with Gasteiger partial charge in [-0.05, 0) is 48.9 Å². The fourth-order valence-corrected chi connectivity index (χ4v) is 2.79. The fourth-order valence-electron chi connectivity index (χ4n) is 2.49. The summed E-state index contributed by atoms with van der Waals surface area (Å²) in [6, 6.07) is 6.54. The second-order valence-electron chi connectivity index (χ2n) is 5.18. The molecule has 0 radical (unpaired) electrons. The van der Waals surface area contributed by atoms with Crippen molar-refractivity contribution >= 4 is 17.3 Å². The summed E-state index contributed by atoms with van der Waals surface area (Å²) in [6.07, 6.45) is 2.37. The first-order chi connectivity index (χ1) is 8.70. The Hall–Kier alpha value is -0.730. The van der Waals surface area contributed by atoms with Crippen LogP contribution in [0.25, 0.3) is 0 Å². The third-order valence-corrected chi connectivity index (χ3v) is 4.07. The molecule has 0 aliphatic carbocycles. The summed E-state index contributed by atoms with van der Waals surface area (Å²) in [6.45, 7) is 5.08. The van der Waals surface area contributed by atoms with Gasteiger partial charge in [0.15, 0.2) is 0 Å². The smallest absolute Gasteiger partial charge is 0.0476 e. The number of anilines is 1. The van der Waals surface area contributed by atoms with Gasteiger partial charge in [0.1, 0.15) is 0 Å². The van der Waals surface area contributed by atoms with Crippen molar-refractivity contribution in [3.05, 3.63) is 29.3 Å². The summed E-state index contributed by atoms with van der Waals surface area (Å²) >= 11 is 5.89. The Kier molecular flexibility index (Phi) is 4.90. The highest BCUT2D eigenvalue weighted by Gasteiger charge is 2.16. The van der Waals surface area contributed by atoms with Crippen LogP contribution in [0.1, 0.15) is 24.0 Å². The van der Waals surface area contributed by atoms with Crippen molar-refractivity contribution in [2.45, 2.75) is 25.6 Å². The summed E-state index contributed by atoms with van der Waals surface area (Å²) in [4.78, 5) is 2.35. The molecule has 3 heteroatoms. The van der Waals surface area contributed by atoms with Gasteiger partial charge in [-0.3, -0.25) is 0 Å². The standard InChI is InChI=1S/C15H22ClNO/c1-12-9-15(4-3-14(12)10-16)17(2)11-13-5-7-18-8-6-13/h3-4,9,13H,5-8,10-11H2,1-2H3. The van der Waals surface area contributed by atoms with Crippen molar-refractivity contribution in [1.82, 2.24) is 0 Å². The highest BCUT2D eigenvalue weighted by Crippen LogP contribution is 2.22. The number of hydrogen-bond acceptors (Lipinski definition) is 2. The summed E-state index contributed by atoms with van der Waals surface area (Å²) in [5.41, 5.74) is 3.79. The minimum absolute atomic E-state index is 0.593. The molecular formula is C15H22ClNO. The van der Waals surface area contributed by atoms with E-state index in [9.17, 15) is 0 Å². The lowest BCUT2D eigenvalue weighted by molar-refractivity contribution is 0.0685. The normalized spacial score (nSPS) is 16.8. The molecule has 1 fully saturated rings. The lowest BCUT2D eigenvalue weighted by atomic mass is 9.99. The average Bonchev–Trinajstić information content (AvgIpc) is 2.39. The van der Waals surface area contributed by atoms with Gasteiger partial charge in [0.25, 0.3) is 0 Å². The van der Waals surface area contributed by atoms with Crippen LogP contribution >= 0.6 is 11.6 Å². The van der Waals surface area contributed by atoms with Crippen molar-refractivity contribution in [3.8, 4) is 0 Å². The van der Waals surface area contributed by atoms with Crippen LogP contribution in [0.5, 0.6) is 0 Å². The van der Waals surface area contributed by atoms with Gasteiger partial charge >= 0.3 is 0 Å². The van der Waals surface area contributed by atoms with Gasteiger partial charge in [0, 0.05) is 38.4 Å². The first-order valence-corrected chi connectivity index (χ1v) is 7.18. The molecule has 0 unspecified atom stereocenters. The zero-order valence-corrected chi connectivity index (χ0v) is 12.0. The molecule has 0 aromatic heterocycles. The summed E-state index contributed by atoms with van der Waals surface area (Å²) in [5.74, 6) is 1.35. The third-order valence-electron chi connectivity index (χ3n) is 3.78. The van der Waals surface area contributed by atoms with Gasteiger partial charge in [-0.2, -0.15) is 0 Å². The molecule has 18 heavy (non-hydrogen) atoms. The van der Waals surface area contributed by atoms with Crippen LogP contribution in [0.4, 0.5) is 5.69 Å². The summed E-state index contributed by atoms with van der Waals surface area (Å²) in [5, 5.41) is 0. The maximum atomic E-state index is 5.89. The highest BCUT2D eigenvalue weighted by molar-refractivity contribution is 6.17. The fraction of sp³-hybridized carbons (Fsp3) is 0.600. The van der Waals surface area contributed by atoms with E-state index in [1.165, 1.54) is 29.7 Å². The molecule has 0 saturated carbocycles.